The van der Waals surface area contributed by atoms with E-state index in [0.29, 0.717) is 19.2 Å². The van der Waals surface area contributed by atoms with E-state index in [1.165, 1.54) is 0 Å². The van der Waals surface area contributed by atoms with Gasteiger partial charge in [-0.3, -0.25) is 0 Å². The Morgan fingerprint density at radius 1 is 1.38 bits per heavy atom. The summed E-state index contributed by atoms with van der Waals surface area (Å²) < 4.78 is 5.68. The first-order valence-electron chi connectivity index (χ1n) is 7.49. The molecule has 0 radical (unpaired) electrons. The minimum absolute atomic E-state index is 0.187. The van der Waals surface area contributed by atoms with Gasteiger partial charge < -0.3 is 20.0 Å². The summed E-state index contributed by atoms with van der Waals surface area (Å²) in [6.45, 7) is 5.46. The molecule has 1 heterocycles. The maximum absolute atomic E-state index is 9.80. The molecule has 0 spiro atoms. The number of hydrogen-bond donors (Lipinski definition) is 2. The van der Waals surface area contributed by atoms with Crippen molar-refractivity contribution in [2.75, 3.05) is 19.8 Å². The molecule has 0 aliphatic carbocycles. The minimum atomic E-state index is -0.561. The number of aliphatic hydroxyl groups is 1. The van der Waals surface area contributed by atoms with E-state index in [1.54, 1.807) is 0 Å². The number of para-hydroxylation sites is 1. The van der Waals surface area contributed by atoms with E-state index >= 15 is 0 Å². The topological polar surface area (TPSA) is 63.1 Å². The third kappa shape index (κ3) is 5.02. The quantitative estimate of drug-likeness (QED) is 0.787. The van der Waals surface area contributed by atoms with Crippen LogP contribution in [0.4, 0.5) is 0 Å². The minimum Gasteiger partial charge on any atom is -0.493 e. The first-order valence-corrected chi connectivity index (χ1v) is 7.49. The molecule has 2 rings (SSSR count). The highest BCUT2D eigenvalue weighted by Gasteiger charge is 2.15. The Morgan fingerprint density at radius 2 is 2.19 bits per heavy atom. The second-order valence-electron chi connectivity index (χ2n) is 5.50. The molecule has 116 valence electrons. The van der Waals surface area contributed by atoms with E-state index in [9.17, 15) is 5.11 Å². The summed E-state index contributed by atoms with van der Waals surface area (Å²) in [5.41, 5.74) is 1.86. The van der Waals surface area contributed by atoms with Gasteiger partial charge in [0.25, 0.3) is 0 Å². The van der Waals surface area contributed by atoms with E-state index in [2.05, 4.69) is 10.5 Å². The fraction of sp³-hybridized carbons (Fsp3) is 0.562. The number of benzene rings is 1. The van der Waals surface area contributed by atoms with Crippen LogP contribution in [0.1, 0.15) is 32.3 Å². The van der Waals surface area contributed by atoms with E-state index in [4.69, 9.17) is 9.57 Å². The fourth-order valence-electron chi connectivity index (χ4n) is 2.11. The molecule has 0 bridgehead atoms. The van der Waals surface area contributed by atoms with Crippen molar-refractivity contribution in [1.29, 1.82) is 0 Å². The van der Waals surface area contributed by atoms with Gasteiger partial charge in [-0.1, -0.05) is 31.1 Å². The number of aliphatic hydroxyl groups excluding tert-OH is 1. The molecule has 2 N–H and O–H groups in total. The number of ether oxygens (including phenoxy) is 1. The second-order valence-corrected chi connectivity index (χ2v) is 5.50. The largest absolute Gasteiger partial charge is 0.493 e. The maximum atomic E-state index is 9.80. The molecule has 0 amide bonds. The standard InChI is InChI=1S/C16H24N2O3/c1-12(2)17-10-13(19)11-21-18-15-7-5-9-20-16-8-4-3-6-14(15)16/h3-4,6,8,12-13,17,19H,5,7,9-11H2,1-2H3/b18-15+. The molecule has 0 saturated heterocycles. The van der Waals surface area contributed by atoms with Crippen LogP contribution in [-0.2, 0) is 4.84 Å². The third-order valence-corrected chi connectivity index (χ3v) is 3.22. The van der Waals surface area contributed by atoms with Gasteiger partial charge in [0, 0.05) is 18.2 Å². The predicted molar refractivity (Wildman–Crippen MR) is 82.8 cm³/mol. The van der Waals surface area contributed by atoms with E-state index in [0.717, 1.165) is 29.9 Å². The lowest BCUT2D eigenvalue weighted by atomic mass is 10.1. The van der Waals surface area contributed by atoms with Crippen molar-refractivity contribution in [3.63, 3.8) is 0 Å². The zero-order valence-electron chi connectivity index (χ0n) is 12.7. The normalized spacial score (nSPS) is 18.0. The Balaban J connectivity index is 1.92. The van der Waals surface area contributed by atoms with Crippen molar-refractivity contribution in [3.8, 4) is 5.75 Å². The van der Waals surface area contributed by atoms with Crippen molar-refractivity contribution in [2.24, 2.45) is 5.16 Å². The van der Waals surface area contributed by atoms with Crippen molar-refractivity contribution >= 4 is 5.71 Å². The van der Waals surface area contributed by atoms with Gasteiger partial charge in [-0.05, 0) is 25.0 Å². The molecular weight excluding hydrogens is 268 g/mol. The Hall–Kier alpha value is -1.59. The summed E-state index contributed by atoms with van der Waals surface area (Å²) in [7, 11) is 0. The van der Waals surface area contributed by atoms with Gasteiger partial charge in [-0.2, -0.15) is 0 Å². The Bertz CT molecular complexity index is 474. The van der Waals surface area contributed by atoms with Crippen LogP contribution in [-0.4, -0.2) is 42.7 Å². The van der Waals surface area contributed by atoms with Crippen LogP contribution in [0, 0.1) is 0 Å². The fourth-order valence-corrected chi connectivity index (χ4v) is 2.11. The molecule has 0 fully saturated rings. The Morgan fingerprint density at radius 3 is 3.00 bits per heavy atom. The van der Waals surface area contributed by atoms with E-state index in [1.807, 2.05) is 38.1 Å². The summed E-state index contributed by atoms with van der Waals surface area (Å²) in [5, 5.41) is 17.2. The van der Waals surface area contributed by atoms with Crippen molar-refractivity contribution < 1.29 is 14.7 Å². The monoisotopic (exact) mass is 292 g/mol. The van der Waals surface area contributed by atoms with Crippen molar-refractivity contribution in [2.45, 2.75) is 38.8 Å². The predicted octanol–water partition coefficient (Wildman–Crippen LogP) is 1.94. The molecule has 0 saturated carbocycles. The van der Waals surface area contributed by atoms with Crippen LogP contribution < -0.4 is 10.1 Å². The van der Waals surface area contributed by atoms with Crippen LogP contribution in [0.3, 0.4) is 0 Å². The van der Waals surface area contributed by atoms with Crippen LogP contribution in [0.25, 0.3) is 0 Å². The van der Waals surface area contributed by atoms with Gasteiger partial charge in [0.05, 0.1) is 12.3 Å². The van der Waals surface area contributed by atoms with Gasteiger partial charge in [0.1, 0.15) is 18.5 Å². The highest BCUT2D eigenvalue weighted by molar-refractivity contribution is 6.02. The molecule has 1 unspecified atom stereocenters. The SMILES string of the molecule is CC(C)NCC(O)CO/N=C1\CCCOc2ccccc21. The molecule has 1 aromatic rings. The Labute approximate surface area is 125 Å². The molecule has 1 aliphatic heterocycles. The molecule has 5 nitrogen and oxygen atoms in total. The molecule has 1 atom stereocenters. The average molecular weight is 292 g/mol. The second kappa shape index (κ2) is 8.00. The lowest BCUT2D eigenvalue weighted by Crippen LogP contribution is -2.34. The highest BCUT2D eigenvalue weighted by Crippen LogP contribution is 2.24. The highest BCUT2D eigenvalue weighted by atomic mass is 16.6. The smallest absolute Gasteiger partial charge is 0.144 e. The zero-order chi connectivity index (χ0) is 15.1. The summed E-state index contributed by atoms with van der Waals surface area (Å²) >= 11 is 0. The zero-order valence-corrected chi connectivity index (χ0v) is 12.7. The molecule has 1 aliphatic rings. The average Bonchev–Trinajstić information content (AvgIpc) is 2.68. The van der Waals surface area contributed by atoms with Crippen LogP contribution in [0.2, 0.25) is 0 Å². The van der Waals surface area contributed by atoms with Gasteiger partial charge >= 0.3 is 0 Å². The van der Waals surface area contributed by atoms with E-state index < -0.39 is 6.10 Å². The number of nitrogens with zero attached hydrogens (tertiary/aromatic N) is 1. The molecule has 1 aromatic carbocycles. The van der Waals surface area contributed by atoms with Crippen LogP contribution >= 0.6 is 0 Å². The van der Waals surface area contributed by atoms with Gasteiger partial charge in [-0.15, -0.1) is 0 Å². The molecule has 0 aromatic heterocycles. The van der Waals surface area contributed by atoms with Crippen molar-refractivity contribution in [3.05, 3.63) is 29.8 Å². The molecular formula is C16H24N2O3. The van der Waals surface area contributed by atoms with Crippen molar-refractivity contribution in [1.82, 2.24) is 5.32 Å². The number of rotatable bonds is 6. The summed E-state index contributed by atoms with van der Waals surface area (Å²) in [4.78, 5) is 5.32. The van der Waals surface area contributed by atoms with Crippen LogP contribution in [0.15, 0.2) is 29.4 Å². The molecule has 21 heavy (non-hydrogen) atoms. The number of fused-ring (bicyclic) bond motifs is 1. The number of hydrogen-bond acceptors (Lipinski definition) is 5. The van der Waals surface area contributed by atoms with Crippen LogP contribution in [0.5, 0.6) is 5.75 Å². The summed E-state index contributed by atoms with van der Waals surface area (Å²) in [6, 6.07) is 8.18. The lowest BCUT2D eigenvalue weighted by molar-refractivity contribution is 0.0393. The van der Waals surface area contributed by atoms with Gasteiger partial charge in [-0.25, -0.2) is 0 Å². The summed E-state index contributed by atoms with van der Waals surface area (Å²) in [6.07, 6.45) is 1.17. The van der Waals surface area contributed by atoms with E-state index in [-0.39, 0.29) is 6.61 Å². The first kappa shape index (κ1) is 15.8. The molecule has 5 heteroatoms. The Kier molecular flexibility index (Phi) is 6.02. The van der Waals surface area contributed by atoms with Gasteiger partial charge in [0.2, 0.25) is 0 Å². The van der Waals surface area contributed by atoms with Gasteiger partial charge in [0.15, 0.2) is 0 Å². The number of nitrogens with one attached hydrogen (secondary N) is 1. The maximum Gasteiger partial charge on any atom is 0.144 e. The first-order chi connectivity index (χ1) is 10.2. The summed E-state index contributed by atoms with van der Waals surface area (Å²) in [5.74, 6) is 0.847. The third-order valence-electron chi connectivity index (χ3n) is 3.22. The number of oxime groups is 1. The lowest BCUT2D eigenvalue weighted by Gasteiger charge is -2.13.